The molecule has 6 heteroatoms. The highest BCUT2D eigenvalue weighted by Gasteiger charge is 2.15. The quantitative estimate of drug-likeness (QED) is 0.694. The van der Waals surface area contributed by atoms with Crippen molar-refractivity contribution in [3.63, 3.8) is 0 Å². The zero-order valence-electron chi connectivity index (χ0n) is 11.9. The summed E-state index contributed by atoms with van der Waals surface area (Å²) in [5.74, 6) is 1.14. The fourth-order valence-electron chi connectivity index (χ4n) is 2.48. The van der Waals surface area contributed by atoms with Crippen molar-refractivity contribution in [1.82, 2.24) is 0 Å². The molecule has 6 nitrogen and oxygen atoms in total. The number of nitrogens with two attached hydrogens (primary N) is 1. The van der Waals surface area contributed by atoms with Crippen LogP contribution in [-0.2, 0) is 0 Å². The molecule has 0 spiro atoms. The smallest absolute Gasteiger partial charge is 0.277 e. The predicted molar refractivity (Wildman–Crippen MR) is 85.3 cm³/mol. The van der Waals surface area contributed by atoms with Gasteiger partial charge in [-0.1, -0.05) is 18.2 Å². The number of aliphatic imine (C=N–C) groups is 1. The predicted octanol–water partition coefficient (Wildman–Crippen LogP) is 2.81. The molecule has 2 N–H and O–H groups in total. The van der Waals surface area contributed by atoms with Gasteiger partial charge in [-0.3, -0.25) is 15.1 Å². The average Bonchev–Trinajstić information content (AvgIpc) is 2.52. The van der Waals surface area contributed by atoms with Crippen LogP contribution in [0.2, 0.25) is 0 Å². The van der Waals surface area contributed by atoms with E-state index < -0.39 is 0 Å². The molecule has 3 rings (SSSR count). The van der Waals surface area contributed by atoms with Gasteiger partial charge >= 0.3 is 0 Å². The summed E-state index contributed by atoms with van der Waals surface area (Å²) in [4.78, 5) is 14.8. The molecular formula is C16H15N3O3. The fraction of sp³-hybridized carbons (Fsp3) is 0.188. The highest BCUT2D eigenvalue weighted by Crippen LogP contribution is 2.33. The minimum absolute atomic E-state index is 0.0798. The molecule has 1 aliphatic rings. The normalized spacial score (nSPS) is 14.4. The molecule has 2 aromatic carbocycles. The number of nitrogens with zero attached hydrogens (tertiary/aromatic N) is 2. The van der Waals surface area contributed by atoms with Crippen molar-refractivity contribution in [2.24, 2.45) is 10.7 Å². The summed E-state index contributed by atoms with van der Waals surface area (Å²) in [5, 5.41) is 12.4. The van der Waals surface area contributed by atoms with Gasteiger partial charge in [-0.25, -0.2) is 0 Å². The van der Waals surface area contributed by atoms with Crippen LogP contribution >= 0.6 is 0 Å². The summed E-state index contributed by atoms with van der Waals surface area (Å²) < 4.78 is 5.84. The molecule has 0 bridgehead atoms. The number of non-ortho nitro benzene ring substituents is 1. The zero-order valence-corrected chi connectivity index (χ0v) is 11.9. The van der Waals surface area contributed by atoms with Crippen LogP contribution < -0.4 is 10.5 Å². The van der Waals surface area contributed by atoms with Crippen LogP contribution in [0.3, 0.4) is 0 Å². The van der Waals surface area contributed by atoms with Gasteiger partial charge in [-0.05, 0) is 30.2 Å². The van der Waals surface area contributed by atoms with Crippen molar-refractivity contribution >= 4 is 22.3 Å². The van der Waals surface area contributed by atoms with Gasteiger partial charge in [0.15, 0.2) is 0 Å². The first-order chi connectivity index (χ1) is 10.6. The summed E-state index contributed by atoms with van der Waals surface area (Å²) in [6.45, 7) is 1.07. The van der Waals surface area contributed by atoms with E-state index in [1.807, 2.05) is 18.2 Å². The van der Waals surface area contributed by atoms with Crippen LogP contribution in [-0.4, -0.2) is 23.9 Å². The Labute approximate surface area is 127 Å². The maximum absolute atomic E-state index is 11.1. The second-order valence-electron chi connectivity index (χ2n) is 5.03. The van der Waals surface area contributed by atoms with Crippen LogP contribution in [0, 0.1) is 10.1 Å². The van der Waals surface area contributed by atoms with Crippen molar-refractivity contribution in [2.45, 2.75) is 6.42 Å². The second kappa shape index (κ2) is 5.85. The SMILES string of the molecule is NC1=NCCC(COc2ccc([N+](=O)[O-])c3ccccc23)=C1. The summed E-state index contributed by atoms with van der Waals surface area (Å²) in [6, 6.07) is 10.3. The van der Waals surface area contributed by atoms with E-state index in [0.29, 0.717) is 30.1 Å². The highest BCUT2D eigenvalue weighted by atomic mass is 16.6. The van der Waals surface area contributed by atoms with Gasteiger partial charge in [-0.2, -0.15) is 0 Å². The standard InChI is InChI=1S/C16H15N3O3/c17-16-9-11(7-8-18-16)10-22-15-6-5-14(19(20)21)12-3-1-2-4-13(12)15/h1-6,9H,7-8,10H2,(H2,17,18). The molecule has 0 saturated heterocycles. The van der Waals surface area contributed by atoms with Gasteiger partial charge in [0.2, 0.25) is 0 Å². The largest absolute Gasteiger partial charge is 0.489 e. The molecular weight excluding hydrogens is 282 g/mol. The first kappa shape index (κ1) is 14.1. The van der Waals surface area contributed by atoms with Crippen LogP contribution in [0.25, 0.3) is 10.8 Å². The molecule has 22 heavy (non-hydrogen) atoms. The summed E-state index contributed by atoms with van der Waals surface area (Å²) in [5.41, 5.74) is 6.83. The van der Waals surface area contributed by atoms with Crippen LogP contribution in [0.4, 0.5) is 5.69 Å². The number of rotatable bonds is 4. The van der Waals surface area contributed by atoms with Gasteiger partial charge in [0, 0.05) is 18.0 Å². The molecule has 0 atom stereocenters. The second-order valence-corrected chi connectivity index (χ2v) is 5.03. The Morgan fingerprint density at radius 2 is 2.00 bits per heavy atom. The molecule has 0 aliphatic carbocycles. The van der Waals surface area contributed by atoms with Crippen molar-refractivity contribution in [3.8, 4) is 5.75 Å². The Morgan fingerprint density at radius 3 is 2.73 bits per heavy atom. The Balaban J connectivity index is 1.90. The van der Waals surface area contributed by atoms with Crippen LogP contribution in [0.15, 0.2) is 53.0 Å². The Hall–Kier alpha value is -2.89. The number of amidine groups is 1. The van der Waals surface area contributed by atoms with Gasteiger partial charge in [0.1, 0.15) is 18.2 Å². The number of ether oxygens (including phenoxy) is 1. The fourth-order valence-corrected chi connectivity index (χ4v) is 2.48. The lowest BCUT2D eigenvalue weighted by molar-refractivity contribution is -0.383. The molecule has 0 saturated carbocycles. The number of benzene rings is 2. The molecule has 2 aromatic rings. The summed E-state index contributed by atoms with van der Waals surface area (Å²) >= 11 is 0. The molecule has 0 radical (unpaired) electrons. The number of dihydropyridines is 1. The van der Waals surface area contributed by atoms with E-state index in [2.05, 4.69) is 4.99 Å². The monoisotopic (exact) mass is 297 g/mol. The molecule has 0 amide bonds. The van der Waals surface area contributed by atoms with Crippen molar-refractivity contribution in [1.29, 1.82) is 0 Å². The van der Waals surface area contributed by atoms with Gasteiger partial charge in [0.05, 0.1) is 10.3 Å². The number of nitro benzene ring substituents is 1. The van der Waals surface area contributed by atoms with Gasteiger partial charge in [-0.15, -0.1) is 0 Å². The Bertz CT molecular complexity index is 796. The lowest BCUT2D eigenvalue weighted by Gasteiger charge is -2.14. The topological polar surface area (TPSA) is 90.8 Å². The van der Waals surface area contributed by atoms with Crippen LogP contribution in [0.5, 0.6) is 5.75 Å². The molecule has 112 valence electrons. The third kappa shape index (κ3) is 2.76. The first-order valence-electron chi connectivity index (χ1n) is 6.93. The van der Waals surface area contributed by atoms with Crippen molar-refractivity contribution < 1.29 is 9.66 Å². The van der Waals surface area contributed by atoms with Crippen molar-refractivity contribution in [3.05, 3.63) is 58.2 Å². The number of nitro groups is 1. The minimum atomic E-state index is -0.382. The Kier molecular flexibility index (Phi) is 3.74. The van der Waals surface area contributed by atoms with E-state index in [1.54, 1.807) is 18.2 Å². The molecule has 0 fully saturated rings. The van der Waals surface area contributed by atoms with Crippen molar-refractivity contribution in [2.75, 3.05) is 13.2 Å². The maximum atomic E-state index is 11.1. The lowest BCUT2D eigenvalue weighted by Crippen LogP contribution is -2.16. The summed E-state index contributed by atoms with van der Waals surface area (Å²) in [6.07, 6.45) is 2.63. The van der Waals surface area contributed by atoms with E-state index >= 15 is 0 Å². The summed E-state index contributed by atoms with van der Waals surface area (Å²) in [7, 11) is 0. The minimum Gasteiger partial charge on any atom is -0.489 e. The molecule has 0 aromatic heterocycles. The lowest BCUT2D eigenvalue weighted by atomic mass is 10.1. The third-order valence-corrected chi connectivity index (χ3v) is 3.55. The van der Waals surface area contributed by atoms with E-state index in [9.17, 15) is 10.1 Å². The van der Waals surface area contributed by atoms with E-state index in [4.69, 9.17) is 10.5 Å². The molecule has 1 heterocycles. The van der Waals surface area contributed by atoms with E-state index in [1.165, 1.54) is 6.07 Å². The molecule has 0 unspecified atom stereocenters. The zero-order chi connectivity index (χ0) is 15.5. The van der Waals surface area contributed by atoms with Gasteiger partial charge in [0.25, 0.3) is 5.69 Å². The number of hydrogen-bond acceptors (Lipinski definition) is 5. The van der Waals surface area contributed by atoms with Crippen LogP contribution in [0.1, 0.15) is 6.42 Å². The van der Waals surface area contributed by atoms with Gasteiger partial charge < -0.3 is 10.5 Å². The maximum Gasteiger partial charge on any atom is 0.277 e. The highest BCUT2D eigenvalue weighted by molar-refractivity contribution is 5.95. The van der Waals surface area contributed by atoms with E-state index in [0.717, 1.165) is 17.4 Å². The third-order valence-electron chi connectivity index (χ3n) is 3.55. The molecule has 1 aliphatic heterocycles. The Morgan fingerprint density at radius 1 is 1.23 bits per heavy atom. The number of hydrogen-bond donors (Lipinski definition) is 1. The first-order valence-corrected chi connectivity index (χ1v) is 6.93. The van der Waals surface area contributed by atoms with E-state index in [-0.39, 0.29) is 10.6 Å². The average molecular weight is 297 g/mol. The number of fused-ring (bicyclic) bond motifs is 1.